The third-order valence-corrected chi connectivity index (χ3v) is 5.42. The van der Waals surface area contributed by atoms with E-state index < -0.39 is 0 Å². The normalized spacial score (nSPS) is 15.3. The molecule has 0 saturated heterocycles. The van der Waals surface area contributed by atoms with E-state index in [2.05, 4.69) is 47.6 Å². The molecule has 0 saturated carbocycles. The number of carbonyl (C=O) groups excluding carboxylic acids is 1. The van der Waals surface area contributed by atoms with Crippen LogP contribution in [0, 0.1) is 0 Å². The number of ether oxygens (including phenoxy) is 1. The molecule has 4 heteroatoms. The van der Waals surface area contributed by atoms with Crippen LogP contribution in [0.2, 0.25) is 0 Å². The van der Waals surface area contributed by atoms with Gasteiger partial charge in [-0.05, 0) is 72.6 Å². The summed E-state index contributed by atoms with van der Waals surface area (Å²) in [5, 5.41) is 2.96. The fourth-order valence-electron chi connectivity index (χ4n) is 3.99. The molecule has 136 valence electrons. The smallest absolute Gasteiger partial charge is 0.258 e. The minimum absolute atomic E-state index is 0.0620. The average Bonchev–Trinajstić information content (AvgIpc) is 3.12. The maximum absolute atomic E-state index is 12.1. The number of rotatable bonds is 5. The minimum atomic E-state index is -0.0830. The van der Waals surface area contributed by atoms with E-state index in [4.69, 9.17) is 4.74 Å². The monoisotopic (exact) mass is 350 g/mol. The topological polar surface area (TPSA) is 41.6 Å². The molecule has 26 heavy (non-hydrogen) atoms. The molecule has 0 atom stereocenters. The van der Waals surface area contributed by atoms with Crippen molar-refractivity contribution in [3.8, 4) is 5.75 Å². The predicted molar refractivity (Wildman–Crippen MR) is 104 cm³/mol. The van der Waals surface area contributed by atoms with Crippen molar-refractivity contribution in [3.63, 3.8) is 0 Å². The molecule has 1 amide bonds. The number of fused-ring (bicyclic) bond motifs is 2. The zero-order valence-electron chi connectivity index (χ0n) is 15.4. The Labute approximate surface area is 155 Å². The highest BCUT2D eigenvalue weighted by atomic mass is 16.5. The van der Waals surface area contributed by atoms with Gasteiger partial charge in [0.05, 0.1) is 0 Å². The van der Waals surface area contributed by atoms with Crippen molar-refractivity contribution >= 4 is 11.6 Å². The van der Waals surface area contributed by atoms with Crippen molar-refractivity contribution in [1.82, 2.24) is 5.32 Å². The first-order chi connectivity index (χ1) is 12.7. The Bertz CT molecular complexity index is 816. The Kier molecular flexibility index (Phi) is 4.83. The second kappa shape index (κ2) is 7.40. The van der Waals surface area contributed by atoms with Crippen LogP contribution in [0.25, 0.3) is 0 Å². The van der Waals surface area contributed by atoms with E-state index in [0.29, 0.717) is 6.54 Å². The zero-order chi connectivity index (χ0) is 17.9. The largest absolute Gasteiger partial charge is 0.484 e. The van der Waals surface area contributed by atoms with Gasteiger partial charge in [0.2, 0.25) is 0 Å². The van der Waals surface area contributed by atoms with E-state index in [-0.39, 0.29) is 12.5 Å². The van der Waals surface area contributed by atoms with Crippen molar-refractivity contribution < 1.29 is 9.53 Å². The highest BCUT2D eigenvalue weighted by Gasteiger charge is 2.14. The van der Waals surface area contributed by atoms with Crippen LogP contribution in [0.5, 0.6) is 5.75 Å². The van der Waals surface area contributed by atoms with Gasteiger partial charge in [0.15, 0.2) is 6.61 Å². The average molecular weight is 350 g/mol. The molecule has 1 heterocycles. The predicted octanol–water partition coefficient (Wildman–Crippen LogP) is 3.25. The van der Waals surface area contributed by atoms with E-state index in [9.17, 15) is 4.79 Å². The van der Waals surface area contributed by atoms with Gasteiger partial charge >= 0.3 is 0 Å². The summed E-state index contributed by atoms with van der Waals surface area (Å²) < 4.78 is 5.67. The second-order valence-electron chi connectivity index (χ2n) is 7.34. The van der Waals surface area contributed by atoms with Crippen LogP contribution >= 0.6 is 0 Å². The lowest BCUT2D eigenvalue weighted by atomic mass is 9.99. The van der Waals surface area contributed by atoms with Gasteiger partial charge in [-0.25, -0.2) is 0 Å². The van der Waals surface area contributed by atoms with Crippen LogP contribution in [0.15, 0.2) is 36.4 Å². The molecule has 0 aromatic heterocycles. The van der Waals surface area contributed by atoms with Gasteiger partial charge in [0.1, 0.15) is 5.75 Å². The summed E-state index contributed by atoms with van der Waals surface area (Å²) >= 11 is 0. The summed E-state index contributed by atoms with van der Waals surface area (Å²) in [4.78, 5) is 14.4. The Morgan fingerprint density at radius 2 is 1.88 bits per heavy atom. The fourth-order valence-corrected chi connectivity index (χ4v) is 3.99. The molecular formula is C22H26N2O2. The van der Waals surface area contributed by atoms with E-state index in [1.54, 1.807) is 0 Å². The Morgan fingerprint density at radius 1 is 1.04 bits per heavy atom. The Morgan fingerprint density at radius 3 is 2.81 bits per heavy atom. The van der Waals surface area contributed by atoms with Crippen LogP contribution in [0.4, 0.5) is 5.69 Å². The van der Waals surface area contributed by atoms with Crippen LogP contribution < -0.4 is 15.0 Å². The molecule has 0 spiro atoms. The number of carbonyl (C=O) groups is 1. The van der Waals surface area contributed by atoms with Crippen molar-refractivity contribution in [2.45, 2.75) is 38.6 Å². The third-order valence-electron chi connectivity index (χ3n) is 5.42. The maximum atomic E-state index is 12.1. The fraction of sp³-hybridized carbons (Fsp3) is 0.409. The highest BCUT2D eigenvalue weighted by molar-refractivity contribution is 5.77. The molecule has 1 aliphatic carbocycles. The third kappa shape index (κ3) is 3.69. The quantitative estimate of drug-likeness (QED) is 0.900. The molecule has 4 rings (SSSR count). The number of aryl methyl sites for hydroxylation is 3. The number of nitrogens with zero attached hydrogens (tertiary/aromatic N) is 1. The molecule has 2 aromatic rings. The molecule has 0 fully saturated rings. The van der Waals surface area contributed by atoms with Gasteiger partial charge in [-0.2, -0.15) is 0 Å². The van der Waals surface area contributed by atoms with Gasteiger partial charge in [-0.15, -0.1) is 0 Å². The molecule has 0 unspecified atom stereocenters. The van der Waals surface area contributed by atoms with Crippen LogP contribution in [-0.2, 0) is 30.6 Å². The number of nitrogens with one attached hydrogen (secondary N) is 1. The summed E-state index contributed by atoms with van der Waals surface area (Å²) in [6.07, 6.45) is 5.80. The molecule has 0 radical (unpaired) electrons. The first kappa shape index (κ1) is 17.0. The number of hydrogen-bond acceptors (Lipinski definition) is 3. The summed E-state index contributed by atoms with van der Waals surface area (Å²) in [5.74, 6) is 0.706. The van der Waals surface area contributed by atoms with Gasteiger partial charge in [0.25, 0.3) is 5.91 Å². The number of hydrogen-bond donors (Lipinski definition) is 1. The van der Waals surface area contributed by atoms with Gasteiger partial charge < -0.3 is 15.0 Å². The molecule has 2 aromatic carbocycles. The van der Waals surface area contributed by atoms with Gasteiger partial charge in [-0.1, -0.05) is 18.2 Å². The lowest BCUT2D eigenvalue weighted by molar-refractivity contribution is -0.123. The second-order valence-corrected chi connectivity index (χ2v) is 7.34. The van der Waals surface area contributed by atoms with Crippen LogP contribution in [0.3, 0.4) is 0 Å². The van der Waals surface area contributed by atoms with Crippen molar-refractivity contribution in [1.29, 1.82) is 0 Å². The minimum Gasteiger partial charge on any atom is -0.484 e. The van der Waals surface area contributed by atoms with Crippen molar-refractivity contribution in [3.05, 3.63) is 58.7 Å². The van der Waals surface area contributed by atoms with E-state index in [0.717, 1.165) is 37.1 Å². The standard InChI is InChI=1S/C22H26N2O2/c1-24-11-3-6-19-12-16(7-10-21(19)24)14-23-22(25)15-26-20-9-8-17-4-2-5-18(17)13-20/h7-10,12-13H,2-6,11,14-15H2,1H3,(H,23,25). The van der Waals surface area contributed by atoms with Gasteiger partial charge in [0, 0.05) is 25.8 Å². The molecule has 4 nitrogen and oxygen atoms in total. The van der Waals surface area contributed by atoms with Gasteiger partial charge in [-0.3, -0.25) is 4.79 Å². The molecule has 0 bridgehead atoms. The number of benzene rings is 2. The Balaban J connectivity index is 1.29. The van der Waals surface area contributed by atoms with E-state index in [1.165, 1.54) is 35.2 Å². The van der Waals surface area contributed by atoms with E-state index in [1.807, 2.05) is 6.07 Å². The summed E-state index contributed by atoms with van der Waals surface area (Å²) in [5.41, 5.74) is 6.61. The number of amides is 1. The summed E-state index contributed by atoms with van der Waals surface area (Å²) in [6.45, 7) is 1.72. The maximum Gasteiger partial charge on any atom is 0.258 e. The molecule has 2 aliphatic rings. The first-order valence-corrected chi connectivity index (χ1v) is 9.53. The van der Waals surface area contributed by atoms with Crippen LogP contribution in [0.1, 0.15) is 35.1 Å². The molecule has 1 aliphatic heterocycles. The zero-order valence-corrected chi connectivity index (χ0v) is 15.4. The Hall–Kier alpha value is -2.49. The summed E-state index contributed by atoms with van der Waals surface area (Å²) in [6, 6.07) is 12.7. The highest BCUT2D eigenvalue weighted by Crippen LogP contribution is 2.27. The molecule has 1 N–H and O–H groups in total. The SMILES string of the molecule is CN1CCCc2cc(CNC(=O)COc3ccc4c(c3)CCC4)ccc21. The lowest BCUT2D eigenvalue weighted by Gasteiger charge is -2.27. The lowest BCUT2D eigenvalue weighted by Crippen LogP contribution is -2.29. The first-order valence-electron chi connectivity index (χ1n) is 9.53. The van der Waals surface area contributed by atoms with Crippen LogP contribution in [-0.4, -0.2) is 26.1 Å². The number of anilines is 1. The van der Waals surface area contributed by atoms with E-state index >= 15 is 0 Å². The van der Waals surface area contributed by atoms with Crippen molar-refractivity contribution in [2.24, 2.45) is 0 Å². The molecular weight excluding hydrogens is 324 g/mol. The summed E-state index contributed by atoms with van der Waals surface area (Å²) in [7, 11) is 2.13. The van der Waals surface area contributed by atoms with Crippen molar-refractivity contribution in [2.75, 3.05) is 25.1 Å².